The van der Waals surface area contributed by atoms with Crippen molar-refractivity contribution < 1.29 is 0 Å². The SMILES string of the molecule is Cc1nnc(CNC(=NCc2ccccc2)NCC2(c3ccccc3)CCCC2)n1C. The van der Waals surface area contributed by atoms with E-state index in [0.29, 0.717) is 13.1 Å². The van der Waals surface area contributed by atoms with Crippen molar-refractivity contribution in [1.82, 2.24) is 25.4 Å². The predicted molar refractivity (Wildman–Crippen MR) is 125 cm³/mol. The zero-order valence-corrected chi connectivity index (χ0v) is 18.5. The lowest BCUT2D eigenvalue weighted by Crippen LogP contribution is -2.44. The highest BCUT2D eigenvalue weighted by molar-refractivity contribution is 5.79. The second-order valence-corrected chi connectivity index (χ2v) is 8.43. The zero-order chi connectivity index (χ0) is 21.5. The highest BCUT2D eigenvalue weighted by Gasteiger charge is 2.35. The van der Waals surface area contributed by atoms with Crippen LogP contribution in [0.3, 0.4) is 0 Å². The van der Waals surface area contributed by atoms with Gasteiger partial charge in [0.15, 0.2) is 11.8 Å². The number of hydrogen-bond acceptors (Lipinski definition) is 3. The van der Waals surface area contributed by atoms with Crippen LogP contribution >= 0.6 is 0 Å². The molecule has 6 nitrogen and oxygen atoms in total. The third-order valence-corrected chi connectivity index (χ3v) is 6.40. The quantitative estimate of drug-likeness (QED) is 0.453. The van der Waals surface area contributed by atoms with Crippen molar-refractivity contribution in [1.29, 1.82) is 0 Å². The van der Waals surface area contributed by atoms with Gasteiger partial charge in [-0.2, -0.15) is 0 Å². The molecule has 0 amide bonds. The Morgan fingerprint density at radius 2 is 1.65 bits per heavy atom. The monoisotopic (exact) mass is 416 g/mol. The van der Waals surface area contributed by atoms with Crippen LogP contribution in [0.5, 0.6) is 0 Å². The lowest BCUT2D eigenvalue weighted by Gasteiger charge is -2.31. The predicted octanol–water partition coefficient (Wildman–Crippen LogP) is 3.87. The number of nitrogens with one attached hydrogen (secondary N) is 2. The first-order valence-electron chi connectivity index (χ1n) is 11.1. The summed E-state index contributed by atoms with van der Waals surface area (Å²) in [7, 11) is 1.99. The summed E-state index contributed by atoms with van der Waals surface area (Å²) in [6.45, 7) is 4.04. The van der Waals surface area contributed by atoms with Crippen LogP contribution in [0.2, 0.25) is 0 Å². The first-order valence-corrected chi connectivity index (χ1v) is 11.1. The molecule has 162 valence electrons. The van der Waals surface area contributed by atoms with Gasteiger partial charge in [0.2, 0.25) is 0 Å². The van der Waals surface area contributed by atoms with Gasteiger partial charge in [-0.1, -0.05) is 73.5 Å². The van der Waals surface area contributed by atoms with E-state index in [4.69, 9.17) is 4.99 Å². The summed E-state index contributed by atoms with van der Waals surface area (Å²) in [5, 5.41) is 15.5. The molecule has 0 bridgehead atoms. The van der Waals surface area contributed by atoms with Crippen LogP contribution in [0.15, 0.2) is 65.7 Å². The number of nitrogens with zero attached hydrogens (tertiary/aromatic N) is 4. The molecule has 0 saturated heterocycles. The molecule has 0 unspecified atom stereocenters. The van der Waals surface area contributed by atoms with Crippen LogP contribution in [0.4, 0.5) is 0 Å². The number of rotatable bonds is 7. The molecule has 1 aliphatic rings. The summed E-state index contributed by atoms with van der Waals surface area (Å²) < 4.78 is 2.00. The fraction of sp³-hybridized carbons (Fsp3) is 0.400. The maximum Gasteiger partial charge on any atom is 0.192 e. The molecule has 1 saturated carbocycles. The molecule has 1 fully saturated rings. The first-order chi connectivity index (χ1) is 15.2. The Morgan fingerprint density at radius 3 is 2.29 bits per heavy atom. The highest BCUT2D eigenvalue weighted by Crippen LogP contribution is 2.40. The minimum Gasteiger partial charge on any atom is -0.355 e. The minimum absolute atomic E-state index is 0.165. The van der Waals surface area contributed by atoms with Gasteiger partial charge in [0, 0.05) is 19.0 Å². The number of benzene rings is 2. The number of aromatic nitrogens is 3. The van der Waals surface area contributed by atoms with E-state index in [1.54, 1.807) is 0 Å². The molecule has 0 radical (unpaired) electrons. The molecule has 1 aromatic heterocycles. The van der Waals surface area contributed by atoms with Gasteiger partial charge in [0.05, 0.1) is 13.1 Å². The maximum absolute atomic E-state index is 4.87. The van der Waals surface area contributed by atoms with Gasteiger partial charge < -0.3 is 15.2 Å². The second-order valence-electron chi connectivity index (χ2n) is 8.43. The Labute approximate surface area is 184 Å². The summed E-state index contributed by atoms with van der Waals surface area (Å²) in [6, 6.07) is 21.3. The molecule has 31 heavy (non-hydrogen) atoms. The van der Waals surface area contributed by atoms with Gasteiger partial charge in [0.25, 0.3) is 0 Å². The van der Waals surface area contributed by atoms with Crippen molar-refractivity contribution in [3.63, 3.8) is 0 Å². The number of hydrogen-bond donors (Lipinski definition) is 2. The van der Waals surface area contributed by atoms with E-state index in [1.165, 1.54) is 36.8 Å². The van der Waals surface area contributed by atoms with Crippen molar-refractivity contribution in [2.75, 3.05) is 6.54 Å². The fourth-order valence-electron chi connectivity index (χ4n) is 4.36. The molecule has 1 heterocycles. The van der Waals surface area contributed by atoms with Crippen LogP contribution in [0.25, 0.3) is 0 Å². The summed E-state index contributed by atoms with van der Waals surface area (Å²) in [6.07, 6.45) is 4.97. The lowest BCUT2D eigenvalue weighted by atomic mass is 9.79. The van der Waals surface area contributed by atoms with E-state index < -0.39 is 0 Å². The number of guanidine groups is 1. The largest absolute Gasteiger partial charge is 0.355 e. The van der Waals surface area contributed by atoms with Crippen LogP contribution in [-0.4, -0.2) is 27.3 Å². The summed E-state index contributed by atoms with van der Waals surface area (Å²) in [5.41, 5.74) is 2.78. The molecule has 0 atom stereocenters. The molecular formula is C25H32N6. The normalized spacial score (nSPS) is 15.7. The van der Waals surface area contributed by atoms with Crippen LogP contribution < -0.4 is 10.6 Å². The van der Waals surface area contributed by atoms with E-state index in [2.05, 4.69) is 75.4 Å². The molecule has 4 rings (SSSR count). The molecule has 2 aromatic carbocycles. The summed E-state index contributed by atoms with van der Waals surface area (Å²) in [4.78, 5) is 4.87. The third-order valence-electron chi connectivity index (χ3n) is 6.40. The van der Waals surface area contributed by atoms with Crippen LogP contribution in [0, 0.1) is 6.92 Å². The standard InChI is InChI=1S/C25H32N6/c1-20-29-30-23(31(20)2)18-27-24(26-17-21-11-5-3-6-12-21)28-19-25(15-9-10-16-25)22-13-7-4-8-14-22/h3-8,11-14H,9-10,15-19H2,1-2H3,(H2,26,27,28). The maximum atomic E-state index is 4.87. The topological polar surface area (TPSA) is 67.1 Å². The van der Waals surface area contributed by atoms with Gasteiger partial charge in [-0.25, -0.2) is 4.99 Å². The van der Waals surface area contributed by atoms with Gasteiger partial charge >= 0.3 is 0 Å². The molecule has 2 N–H and O–H groups in total. The molecule has 6 heteroatoms. The van der Waals surface area contributed by atoms with E-state index >= 15 is 0 Å². The average Bonchev–Trinajstić information content (AvgIpc) is 3.43. The number of aliphatic imine (C=N–C) groups is 1. The average molecular weight is 417 g/mol. The molecular weight excluding hydrogens is 384 g/mol. The van der Waals surface area contributed by atoms with Crippen molar-refractivity contribution in [3.05, 3.63) is 83.4 Å². The number of aryl methyl sites for hydroxylation is 1. The van der Waals surface area contributed by atoms with E-state index in [1.807, 2.05) is 24.6 Å². The Morgan fingerprint density at radius 1 is 0.968 bits per heavy atom. The van der Waals surface area contributed by atoms with E-state index in [-0.39, 0.29) is 5.41 Å². The molecule has 0 spiro atoms. The zero-order valence-electron chi connectivity index (χ0n) is 18.5. The van der Waals surface area contributed by atoms with Crippen LogP contribution in [-0.2, 0) is 25.6 Å². The summed E-state index contributed by atoms with van der Waals surface area (Å²) >= 11 is 0. The Bertz CT molecular complexity index is 987. The Balaban J connectivity index is 1.49. The Hall–Kier alpha value is -3.15. The second kappa shape index (κ2) is 9.77. The smallest absolute Gasteiger partial charge is 0.192 e. The summed E-state index contributed by atoms with van der Waals surface area (Å²) in [5.74, 6) is 2.61. The van der Waals surface area contributed by atoms with Gasteiger partial charge in [-0.3, -0.25) is 0 Å². The van der Waals surface area contributed by atoms with Crippen molar-refractivity contribution in [2.45, 2.75) is 51.1 Å². The third kappa shape index (κ3) is 5.13. The van der Waals surface area contributed by atoms with E-state index in [9.17, 15) is 0 Å². The van der Waals surface area contributed by atoms with Crippen LogP contribution in [0.1, 0.15) is 48.5 Å². The fourth-order valence-corrected chi connectivity index (χ4v) is 4.36. The highest BCUT2D eigenvalue weighted by atomic mass is 15.3. The molecule has 0 aliphatic heterocycles. The van der Waals surface area contributed by atoms with Crippen molar-refractivity contribution in [3.8, 4) is 0 Å². The van der Waals surface area contributed by atoms with Crippen molar-refractivity contribution >= 4 is 5.96 Å². The Kier molecular flexibility index (Phi) is 6.65. The van der Waals surface area contributed by atoms with Gasteiger partial charge in [-0.15, -0.1) is 10.2 Å². The molecule has 1 aliphatic carbocycles. The minimum atomic E-state index is 0.165. The van der Waals surface area contributed by atoms with Gasteiger partial charge in [0.1, 0.15) is 5.82 Å². The first kappa shape index (κ1) is 21.1. The van der Waals surface area contributed by atoms with E-state index in [0.717, 1.165) is 24.2 Å². The van der Waals surface area contributed by atoms with Crippen molar-refractivity contribution in [2.24, 2.45) is 12.0 Å². The lowest BCUT2D eigenvalue weighted by molar-refractivity contribution is 0.431. The molecule has 3 aromatic rings. The van der Waals surface area contributed by atoms with Gasteiger partial charge in [-0.05, 0) is 30.9 Å².